The maximum absolute atomic E-state index is 2.42. The van der Waals surface area contributed by atoms with Crippen molar-refractivity contribution < 1.29 is 0 Å². The van der Waals surface area contributed by atoms with Crippen molar-refractivity contribution in [1.29, 1.82) is 0 Å². The highest BCUT2D eigenvalue weighted by molar-refractivity contribution is 4.82. The molecular formula is C11H23N. The van der Waals surface area contributed by atoms with Gasteiger partial charge in [-0.3, -0.25) is 0 Å². The Hall–Kier alpha value is -0.0400. The second kappa shape index (κ2) is 4.27. The molecule has 0 aromatic carbocycles. The van der Waals surface area contributed by atoms with Crippen LogP contribution >= 0.6 is 0 Å². The third-order valence-corrected chi connectivity index (χ3v) is 3.30. The van der Waals surface area contributed by atoms with Gasteiger partial charge >= 0.3 is 0 Å². The summed E-state index contributed by atoms with van der Waals surface area (Å²) in [5.41, 5.74) is 0. The summed E-state index contributed by atoms with van der Waals surface area (Å²) in [7, 11) is 4.46. The fraction of sp³-hybridized carbons (Fsp3) is 1.00. The Balaban J connectivity index is 2.54. The van der Waals surface area contributed by atoms with E-state index < -0.39 is 0 Å². The zero-order chi connectivity index (χ0) is 9.14. The number of nitrogens with zero attached hydrogens (tertiary/aromatic N) is 1. The molecule has 2 atom stereocenters. The number of hydrogen-bond donors (Lipinski definition) is 0. The lowest BCUT2D eigenvalue weighted by molar-refractivity contribution is 0.121. The normalized spacial score (nSPS) is 31.5. The molecular weight excluding hydrogens is 146 g/mol. The Morgan fingerprint density at radius 2 is 1.67 bits per heavy atom. The van der Waals surface area contributed by atoms with Crippen LogP contribution < -0.4 is 0 Å². The van der Waals surface area contributed by atoms with E-state index in [1.165, 1.54) is 25.7 Å². The van der Waals surface area contributed by atoms with Crippen molar-refractivity contribution in [2.75, 3.05) is 14.1 Å². The molecule has 1 aliphatic carbocycles. The molecule has 0 radical (unpaired) electrons. The highest BCUT2D eigenvalue weighted by Gasteiger charge is 2.28. The van der Waals surface area contributed by atoms with Crippen LogP contribution in [0, 0.1) is 11.8 Å². The summed E-state index contributed by atoms with van der Waals surface area (Å²) in [4.78, 5) is 2.42. The molecule has 0 aromatic rings. The molecule has 0 amide bonds. The zero-order valence-electron chi connectivity index (χ0n) is 9.01. The maximum atomic E-state index is 2.42. The smallest absolute Gasteiger partial charge is 0.0120 e. The molecule has 1 saturated carbocycles. The van der Waals surface area contributed by atoms with Crippen LogP contribution in [0.1, 0.15) is 39.5 Å². The summed E-state index contributed by atoms with van der Waals surface area (Å²) in [6.07, 6.45) is 5.75. The minimum absolute atomic E-state index is 0.846. The van der Waals surface area contributed by atoms with Gasteiger partial charge in [0.1, 0.15) is 0 Å². The van der Waals surface area contributed by atoms with Crippen LogP contribution in [0.15, 0.2) is 0 Å². The summed E-state index contributed by atoms with van der Waals surface area (Å²) >= 11 is 0. The van der Waals surface area contributed by atoms with Crippen molar-refractivity contribution in [3.8, 4) is 0 Å². The van der Waals surface area contributed by atoms with Crippen LogP contribution in [0.2, 0.25) is 0 Å². The minimum atomic E-state index is 0.846. The SMILES string of the molecule is CC(C)[C@@H]1CCCC[C@@H]1N(C)C. The van der Waals surface area contributed by atoms with Gasteiger partial charge in [-0.25, -0.2) is 0 Å². The molecule has 1 rings (SSSR count). The summed E-state index contributed by atoms with van der Waals surface area (Å²) < 4.78 is 0. The first-order valence-corrected chi connectivity index (χ1v) is 5.29. The van der Waals surface area contributed by atoms with E-state index in [2.05, 4.69) is 32.8 Å². The molecule has 0 saturated heterocycles. The fourth-order valence-electron chi connectivity index (χ4n) is 2.56. The van der Waals surface area contributed by atoms with Crippen LogP contribution in [0.3, 0.4) is 0 Å². The largest absolute Gasteiger partial charge is 0.306 e. The van der Waals surface area contributed by atoms with Crippen LogP contribution in [0.25, 0.3) is 0 Å². The quantitative estimate of drug-likeness (QED) is 0.614. The third kappa shape index (κ3) is 2.22. The van der Waals surface area contributed by atoms with Gasteiger partial charge in [-0.15, -0.1) is 0 Å². The van der Waals surface area contributed by atoms with E-state index in [0.717, 1.165) is 17.9 Å². The third-order valence-electron chi connectivity index (χ3n) is 3.30. The average molecular weight is 169 g/mol. The molecule has 0 unspecified atom stereocenters. The molecule has 72 valence electrons. The van der Waals surface area contributed by atoms with Crippen molar-refractivity contribution in [2.24, 2.45) is 11.8 Å². The predicted octanol–water partition coefficient (Wildman–Crippen LogP) is 2.76. The standard InChI is InChI=1S/C11H23N/c1-9(2)10-7-5-6-8-11(10)12(3)4/h9-11H,5-8H2,1-4H3/t10-,11-/m0/s1. The zero-order valence-corrected chi connectivity index (χ0v) is 9.01. The molecule has 1 fully saturated rings. The van der Waals surface area contributed by atoms with E-state index in [1.54, 1.807) is 0 Å². The average Bonchev–Trinajstić information content (AvgIpc) is 2.04. The van der Waals surface area contributed by atoms with Gasteiger partial charge in [-0.1, -0.05) is 26.7 Å². The first-order chi connectivity index (χ1) is 5.63. The lowest BCUT2D eigenvalue weighted by atomic mass is 9.77. The highest BCUT2D eigenvalue weighted by Crippen LogP contribution is 2.32. The summed E-state index contributed by atoms with van der Waals surface area (Å²) in [5, 5.41) is 0. The molecule has 1 aliphatic rings. The Morgan fingerprint density at radius 3 is 2.08 bits per heavy atom. The van der Waals surface area contributed by atoms with E-state index in [0.29, 0.717) is 0 Å². The van der Waals surface area contributed by atoms with Gasteiger partial charge < -0.3 is 4.90 Å². The van der Waals surface area contributed by atoms with Gasteiger partial charge in [0, 0.05) is 6.04 Å². The molecule has 0 spiro atoms. The molecule has 0 heterocycles. The highest BCUT2D eigenvalue weighted by atomic mass is 15.1. The van der Waals surface area contributed by atoms with E-state index >= 15 is 0 Å². The van der Waals surface area contributed by atoms with Crippen molar-refractivity contribution in [2.45, 2.75) is 45.6 Å². The minimum Gasteiger partial charge on any atom is -0.306 e. The molecule has 0 aliphatic heterocycles. The molecule has 12 heavy (non-hydrogen) atoms. The predicted molar refractivity (Wildman–Crippen MR) is 54.3 cm³/mol. The van der Waals surface area contributed by atoms with Gasteiger partial charge in [-0.05, 0) is 38.8 Å². The van der Waals surface area contributed by atoms with E-state index in [-0.39, 0.29) is 0 Å². The Labute approximate surface area is 77.1 Å². The maximum Gasteiger partial charge on any atom is 0.0120 e. The monoisotopic (exact) mass is 169 g/mol. The molecule has 1 nitrogen and oxygen atoms in total. The second-order valence-electron chi connectivity index (χ2n) is 4.72. The molecule has 0 N–H and O–H groups in total. The Kier molecular flexibility index (Phi) is 3.57. The Morgan fingerprint density at radius 1 is 1.08 bits per heavy atom. The van der Waals surface area contributed by atoms with E-state index in [4.69, 9.17) is 0 Å². The topological polar surface area (TPSA) is 3.24 Å². The van der Waals surface area contributed by atoms with Crippen LogP contribution in [-0.2, 0) is 0 Å². The lowest BCUT2D eigenvalue weighted by Crippen LogP contribution is -2.39. The van der Waals surface area contributed by atoms with Gasteiger partial charge in [0.2, 0.25) is 0 Å². The first-order valence-electron chi connectivity index (χ1n) is 5.29. The van der Waals surface area contributed by atoms with Crippen molar-refractivity contribution >= 4 is 0 Å². The Bertz CT molecular complexity index is 113. The first kappa shape index (κ1) is 10.0. The second-order valence-corrected chi connectivity index (χ2v) is 4.72. The van der Waals surface area contributed by atoms with E-state index in [1.807, 2.05) is 0 Å². The van der Waals surface area contributed by atoms with Gasteiger partial charge in [0.15, 0.2) is 0 Å². The van der Waals surface area contributed by atoms with E-state index in [9.17, 15) is 0 Å². The van der Waals surface area contributed by atoms with Gasteiger partial charge in [0.05, 0.1) is 0 Å². The van der Waals surface area contributed by atoms with Crippen molar-refractivity contribution in [3.63, 3.8) is 0 Å². The van der Waals surface area contributed by atoms with Crippen LogP contribution in [-0.4, -0.2) is 25.0 Å². The summed E-state index contributed by atoms with van der Waals surface area (Å²) in [6.45, 7) is 4.74. The van der Waals surface area contributed by atoms with Gasteiger partial charge in [-0.2, -0.15) is 0 Å². The van der Waals surface area contributed by atoms with Crippen LogP contribution in [0.4, 0.5) is 0 Å². The number of rotatable bonds is 2. The van der Waals surface area contributed by atoms with Gasteiger partial charge in [0.25, 0.3) is 0 Å². The molecule has 1 heteroatoms. The fourth-order valence-corrected chi connectivity index (χ4v) is 2.56. The van der Waals surface area contributed by atoms with Crippen molar-refractivity contribution in [3.05, 3.63) is 0 Å². The summed E-state index contributed by atoms with van der Waals surface area (Å²) in [5.74, 6) is 1.80. The summed E-state index contributed by atoms with van der Waals surface area (Å²) in [6, 6.07) is 0.846. The van der Waals surface area contributed by atoms with Crippen LogP contribution in [0.5, 0.6) is 0 Å². The van der Waals surface area contributed by atoms with Crippen molar-refractivity contribution in [1.82, 2.24) is 4.90 Å². The lowest BCUT2D eigenvalue weighted by Gasteiger charge is -2.38. The number of hydrogen-bond acceptors (Lipinski definition) is 1. The molecule has 0 bridgehead atoms. The molecule has 0 aromatic heterocycles.